The number of ketones is 1. The molecule has 1 aliphatic carbocycles. The number of hydrogen-bond donors (Lipinski definition) is 0. The molecule has 1 unspecified atom stereocenters. The van der Waals surface area contributed by atoms with Crippen molar-refractivity contribution < 1.29 is 22.5 Å². The smallest absolute Gasteiger partial charge is 0.192 e. The Morgan fingerprint density at radius 2 is 2.12 bits per heavy atom. The molecule has 8 nitrogen and oxygen atoms in total. The lowest BCUT2D eigenvalue weighted by Gasteiger charge is -2.36. The van der Waals surface area contributed by atoms with Crippen LogP contribution in [0.1, 0.15) is 30.6 Å². The standard InChI is InChI=1S/C16H17N3O5S/c1-25(21,22)12-4-7-17-15(18-12)13-10-3-2-5-16(14(10)24-19-13)6-8-23-9-11(16)20/h4,7H,2-3,5-6,8-9H2,1H3. The average Bonchev–Trinajstić information content (AvgIpc) is 3.02. The summed E-state index contributed by atoms with van der Waals surface area (Å²) in [5.41, 5.74) is 0.525. The molecule has 9 heteroatoms. The predicted octanol–water partition coefficient (Wildman–Crippen LogP) is 1.10. The fourth-order valence-corrected chi connectivity index (χ4v) is 4.19. The van der Waals surface area contributed by atoms with Crippen LogP contribution >= 0.6 is 0 Å². The summed E-state index contributed by atoms with van der Waals surface area (Å²) < 4.78 is 34.3. The Hall–Kier alpha value is -2.13. The number of sulfone groups is 1. The van der Waals surface area contributed by atoms with Gasteiger partial charge < -0.3 is 9.26 Å². The minimum atomic E-state index is -3.45. The minimum Gasteiger partial charge on any atom is -0.374 e. The summed E-state index contributed by atoms with van der Waals surface area (Å²) in [4.78, 5) is 20.8. The Bertz CT molecular complexity index is 952. The number of hydrogen-bond acceptors (Lipinski definition) is 8. The molecule has 0 bridgehead atoms. The fourth-order valence-electron chi connectivity index (χ4n) is 3.63. The van der Waals surface area contributed by atoms with E-state index in [-0.39, 0.29) is 23.2 Å². The second kappa shape index (κ2) is 5.70. The summed E-state index contributed by atoms with van der Waals surface area (Å²) in [5.74, 6) is 0.771. The molecule has 0 saturated carbocycles. The Morgan fingerprint density at radius 3 is 2.88 bits per heavy atom. The van der Waals surface area contributed by atoms with Gasteiger partial charge in [0.1, 0.15) is 6.61 Å². The van der Waals surface area contributed by atoms with Crippen molar-refractivity contribution >= 4 is 15.6 Å². The summed E-state index contributed by atoms with van der Waals surface area (Å²) in [5, 5.41) is 4.02. The highest BCUT2D eigenvalue weighted by atomic mass is 32.2. The molecule has 4 rings (SSSR count). The van der Waals surface area contributed by atoms with Gasteiger partial charge in [0, 0.05) is 24.6 Å². The SMILES string of the molecule is CS(=O)(=O)c1ccnc(-c2noc3c2CCCC32CCOCC2=O)n1. The molecule has 0 N–H and O–H groups in total. The molecule has 2 aliphatic rings. The largest absolute Gasteiger partial charge is 0.374 e. The van der Waals surface area contributed by atoms with Crippen molar-refractivity contribution in [3.63, 3.8) is 0 Å². The number of Topliss-reactive ketones (excluding diaryl/α,β-unsaturated/α-hetero) is 1. The van der Waals surface area contributed by atoms with Crippen molar-refractivity contribution in [1.29, 1.82) is 0 Å². The van der Waals surface area contributed by atoms with Crippen molar-refractivity contribution in [2.75, 3.05) is 19.5 Å². The van der Waals surface area contributed by atoms with Crippen LogP contribution in [-0.2, 0) is 31.2 Å². The first-order chi connectivity index (χ1) is 11.9. The summed E-state index contributed by atoms with van der Waals surface area (Å²) in [7, 11) is -3.45. The molecule has 1 saturated heterocycles. The molecule has 0 amide bonds. The van der Waals surface area contributed by atoms with Gasteiger partial charge in [-0.3, -0.25) is 4.79 Å². The lowest BCUT2D eigenvalue weighted by Crippen LogP contribution is -2.45. The summed E-state index contributed by atoms with van der Waals surface area (Å²) in [6.07, 6.45) is 5.26. The van der Waals surface area contributed by atoms with Crippen LogP contribution < -0.4 is 0 Å². The minimum absolute atomic E-state index is 0.00760. The zero-order valence-corrected chi connectivity index (χ0v) is 14.5. The maximum atomic E-state index is 12.5. The number of rotatable bonds is 2. The molecule has 1 spiro atoms. The van der Waals surface area contributed by atoms with Gasteiger partial charge in [-0.2, -0.15) is 0 Å². The molecular formula is C16H17N3O5S. The van der Waals surface area contributed by atoms with Crippen LogP contribution in [0.25, 0.3) is 11.5 Å². The van der Waals surface area contributed by atoms with Crippen molar-refractivity contribution in [2.45, 2.75) is 36.1 Å². The molecule has 3 heterocycles. The van der Waals surface area contributed by atoms with Crippen LogP contribution in [-0.4, -0.2) is 48.8 Å². The Labute approximate surface area is 144 Å². The van der Waals surface area contributed by atoms with E-state index in [1.807, 2.05) is 0 Å². The quantitative estimate of drug-likeness (QED) is 0.729. The van der Waals surface area contributed by atoms with E-state index < -0.39 is 15.3 Å². The van der Waals surface area contributed by atoms with Gasteiger partial charge in [-0.1, -0.05) is 5.16 Å². The number of ether oxygens (including phenoxy) is 1. The molecule has 1 aliphatic heterocycles. The van der Waals surface area contributed by atoms with E-state index >= 15 is 0 Å². The van der Waals surface area contributed by atoms with E-state index in [1.54, 1.807) is 0 Å². The van der Waals surface area contributed by atoms with Crippen molar-refractivity contribution in [2.24, 2.45) is 0 Å². The van der Waals surface area contributed by atoms with E-state index in [1.165, 1.54) is 12.3 Å². The Kier molecular flexibility index (Phi) is 3.73. The zero-order chi connectivity index (χ0) is 17.7. The van der Waals surface area contributed by atoms with E-state index in [0.717, 1.165) is 18.2 Å². The molecule has 132 valence electrons. The van der Waals surface area contributed by atoms with Crippen LogP contribution in [0.15, 0.2) is 21.8 Å². The van der Waals surface area contributed by atoms with Gasteiger partial charge in [-0.25, -0.2) is 18.4 Å². The molecule has 0 aromatic carbocycles. The molecule has 0 radical (unpaired) electrons. The van der Waals surface area contributed by atoms with Crippen LogP contribution in [0.5, 0.6) is 0 Å². The fraction of sp³-hybridized carbons (Fsp3) is 0.500. The molecule has 25 heavy (non-hydrogen) atoms. The third-order valence-electron chi connectivity index (χ3n) is 4.91. The van der Waals surface area contributed by atoms with E-state index in [9.17, 15) is 13.2 Å². The second-order valence-electron chi connectivity index (χ2n) is 6.49. The van der Waals surface area contributed by atoms with Gasteiger partial charge in [-0.15, -0.1) is 0 Å². The maximum absolute atomic E-state index is 12.5. The lowest BCUT2D eigenvalue weighted by molar-refractivity contribution is -0.136. The predicted molar refractivity (Wildman–Crippen MR) is 85.7 cm³/mol. The highest BCUT2D eigenvalue weighted by molar-refractivity contribution is 7.90. The van der Waals surface area contributed by atoms with Gasteiger partial charge in [0.2, 0.25) is 0 Å². The first-order valence-corrected chi connectivity index (χ1v) is 9.94. The lowest BCUT2D eigenvalue weighted by atomic mass is 9.68. The normalized spacial score (nSPS) is 23.6. The maximum Gasteiger partial charge on any atom is 0.192 e. The molecule has 2 aromatic rings. The number of carbonyl (C=O) groups excluding carboxylic acids is 1. The Morgan fingerprint density at radius 1 is 1.28 bits per heavy atom. The van der Waals surface area contributed by atoms with Gasteiger partial charge in [0.15, 0.2) is 37.9 Å². The monoisotopic (exact) mass is 363 g/mol. The topological polar surface area (TPSA) is 112 Å². The van der Waals surface area contributed by atoms with Crippen molar-refractivity contribution in [3.8, 4) is 11.5 Å². The number of carbonyl (C=O) groups is 1. The molecule has 2 aromatic heterocycles. The summed E-state index contributed by atoms with van der Waals surface area (Å²) in [6.45, 7) is 0.580. The van der Waals surface area contributed by atoms with Crippen molar-refractivity contribution in [1.82, 2.24) is 15.1 Å². The van der Waals surface area contributed by atoms with E-state index in [0.29, 0.717) is 37.3 Å². The highest BCUT2D eigenvalue weighted by Crippen LogP contribution is 2.45. The van der Waals surface area contributed by atoms with Crippen LogP contribution in [0.4, 0.5) is 0 Å². The first-order valence-electron chi connectivity index (χ1n) is 8.05. The zero-order valence-electron chi connectivity index (χ0n) is 13.7. The molecular weight excluding hydrogens is 346 g/mol. The summed E-state index contributed by atoms with van der Waals surface area (Å²) >= 11 is 0. The van der Waals surface area contributed by atoms with Crippen LogP contribution in [0, 0.1) is 0 Å². The highest BCUT2D eigenvalue weighted by Gasteiger charge is 2.49. The third kappa shape index (κ3) is 2.58. The average molecular weight is 363 g/mol. The van der Waals surface area contributed by atoms with Gasteiger partial charge in [-0.05, 0) is 31.7 Å². The third-order valence-corrected chi connectivity index (χ3v) is 5.90. The van der Waals surface area contributed by atoms with E-state index in [4.69, 9.17) is 9.26 Å². The van der Waals surface area contributed by atoms with Crippen LogP contribution in [0.3, 0.4) is 0 Å². The number of fused-ring (bicyclic) bond motifs is 2. The number of aromatic nitrogens is 3. The molecule has 1 fully saturated rings. The Balaban J connectivity index is 1.83. The van der Waals surface area contributed by atoms with E-state index in [2.05, 4.69) is 15.1 Å². The van der Waals surface area contributed by atoms with Gasteiger partial charge in [0.05, 0.1) is 5.41 Å². The first kappa shape index (κ1) is 16.3. The van der Waals surface area contributed by atoms with Crippen LogP contribution in [0.2, 0.25) is 0 Å². The molecule has 1 atom stereocenters. The van der Waals surface area contributed by atoms with Crippen molar-refractivity contribution in [3.05, 3.63) is 23.6 Å². The second-order valence-corrected chi connectivity index (χ2v) is 8.45. The van der Waals surface area contributed by atoms with Gasteiger partial charge >= 0.3 is 0 Å². The van der Waals surface area contributed by atoms with Gasteiger partial charge in [0.25, 0.3) is 0 Å². The number of nitrogens with zero attached hydrogens (tertiary/aromatic N) is 3. The summed E-state index contributed by atoms with van der Waals surface area (Å²) in [6, 6.07) is 1.34.